The van der Waals surface area contributed by atoms with E-state index in [-0.39, 0.29) is 23.7 Å². The zero-order valence-corrected chi connectivity index (χ0v) is 14.1. The van der Waals surface area contributed by atoms with Crippen LogP contribution >= 0.6 is 0 Å². The summed E-state index contributed by atoms with van der Waals surface area (Å²) >= 11 is 0. The molecule has 0 aromatic heterocycles. The van der Waals surface area contributed by atoms with E-state index < -0.39 is 18.4 Å². The van der Waals surface area contributed by atoms with Crippen LogP contribution in [0.5, 0.6) is 0 Å². The van der Waals surface area contributed by atoms with Crippen LogP contribution in [-0.2, 0) is 20.7 Å². The molecule has 134 valence electrons. The second kappa shape index (κ2) is 7.91. The van der Waals surface area contributed by atoms with E-state index >= 15 is 0 Å². The van der Waals surface area contributed by atoms with E-state index in [9.17, 15) is 18.8 Å². The number of ether oxygens (including phenoxy) is 1. The Hall–Kier alpha value is -3.02. The Bertz CT molecular complexity index is 849. The number of hydrogen-bond acceptors (Lipinski definition) is 4. The molecule has 0 atom stereocenters. The Morgan fingerprint density at radius 2 is 1.92 bits per heavy atom. The molecule has 1 aliphatic heterocycles. The first-order chi connectivity index (χ1) is 12.5. The van der Waals surface area contributed by atoms with E-state index in [1.807, 2.05) is 0 Å². The zero-order valence-electron chi connectivity index (χ0n) is 14.1. The fraction of sp³-hybridized carbons (Fsp3) is 0.250. The van der Waals surface area contributed by atoms with Gasteiger partial charge in [-0.2, -0.15) is 0 Å². The summed E-state index contributed by atoms with van der Waals surface area (Å²) in [6, 6.07) is 12.6. The third kappa shape index (κ3) is 4.14. The first kappa shape index (κ1) is 17.8. The highest BCUT2D eigenvalue weighted by Gasteiger charge is 2.22. The van der Waals surface area contributed by atoms with Gasteiger partial charge >= 0.3 is 5.97 Å². The maximum absolute atomic E-state index is 13.5. The second-order valence-electron chi connectivity index (χ2n) is 6.05. The molecule has 1 aliphatic rings. The van der Waals surface area contributed by atoms with Gasteiger partial charge in [0.15, 0.2) is 12.4 Å². The van der Waals surface area contributed by atoms with E-state index in [2.05, 4.69) is 0 Å². The van der Waals surface area contributed by atoms with Crippen molar-refractivity contribution in [1.29, 1.82) is 0 Å². The molecule has 2 aromatic carbocycles. The van der Waals surface area contributed by atoms with Gasteiger partial charge in [0.05, 0.1) is 6.42 Å². The molecule has 1 heterocycles. The molecule has 6 heteroatoms. The maximum atomic E-state index is 13.5. The maximum Gasteiger partial charge on any atom is 0.310 e. The van der Waals surface area contributed by atoms with Crippen molar-refractivity contribution in [2.75, 3.05) is 18.1 Å². The number of halogens is 1. The van der Waals surface area contributed by atoms with Crippen LogP contribution in [0.2, 0.25) is 0 Å². The van der Waals surface area contributed by atoms with Crippen LogP contribution in [0.1, 0.15) is 28.8 Å². The van der Waals surface area contributed by atoms with Crippen molar-refractivity contribution in [2.24, 2.45) is 0 Å². The Kier molecular flexibility index (Phi) is 5.41. The minimum Gasteiger partial charge on any atom is -0.457 e. The summed E-state index contributed by atoms with van der Waals surface area (Å²) in [7, 11) is 0. The van der Waals surface area contributed by atoms with Crippen molar-refractivity contribution >= 4 is 23.3 Å². The first-order valence-corrected chi connectivity index (χ1v) is 8.37. The standard InChI is InChI=1S/C20H18FNO4/c21-17-8-2-1-5-14(17)12-20(25)26-13-18(23)15-6-3-7-16(11-15)22-10-4-9-19(22)24/h1-3,5-8,11H,4,9-10,12-13H2. The van der Waals surface area contributed by atoms with Crippen molar-refractivity contribution in [3.8, 4) is 0 Å². The van der Waals surface area contributed by atoms with Crippen molar-refractivity contribution in [3.05, 3.63) is 65.5 Å². The lowest BCUT2D eigenvalue weighted by Crippen LogP contribution is -2.24. The SMILES string of the molecule is O=C(Cc1ccccc1F)OCC(=O)c1cccc(N2CCCC2=O)c1. The highest BCUT2D eigenvalue weighted by atomic mass is 19.1. The summed E-state index contributed by atoms with van der Waals surface area (Å²) in [6.45, 7) is 0.207. The number of carbonyl (C=O) groups excluding carboxylic acids is 3. The van der Waals surface area contributed by atoms with Gasteiger partial charge in [0.1, 0.15) is 5.82 Å². The number of hydrogen-bond donors (Lipinski definition) is 0. The van der Waals surface area contributed by atoms with Gasteiger partial charge in [0.25, 0.3) is 0 Å². The van der Waals surface area contributed by atoms with Gasteiger partial charge in [0, 0.05) is 24.2 Å². The lowest BCUT2D eigenvalue weighted by atomic mass is 10.1. The summed E-state index contributed by atoms with van der Waals surface area (Å²) in [5.41, 5.74) is 1.25. The Morgan fingerprint density at radius 3 is 2.65 bits per heavy atom. The average Bonchev–Trinajstić information content (AvgIpc) is 3.08. The number of carbonyl (C=O) groups is 3. The summed E-state index contributed by atoms with van der Waals surface area (Å²) in [5, 5.41) is 0. The number of ketones is 1. The highest BCUT2D eigenvalue weighted by molar-refractivity contribution is 6.01. The summed E-state index contributed by atoms with van der Waals surface area (Å²) in [6.07, 6.45) is 1.07. The largest absolute Gasteiger partial charge is 0.457 e. The van der Waals surface area contributed by atoms with Crippen LogP contribution in [0.3, 0.4) is 0 Å². The molecular weight excluding hydrogens is 337 g/mol. The smallest absolute Gasteiger partial charge is 0.310 e. The fourth-order valence-electron chi connectivity index (χ4n) is 2.85. The highest BCUT2D eigenvalue weighted by Crippen LogP contribution is 2.22. The molecule has 0 spiro atoms. The van der Waals surface area contributed by atoms with Crippen molar-refractivity contribution < 1.29 is 23.5 Å². The summed E-state index contributed by atoms with van der Waals surface area (Å²) in [5.74, 6) is -1.50. The van der Waals surface area contributed by atoms with E-state index in [1.54, 1.807) is 35.2 Å². The van der Waals surface area contributed by atoms with Crippen molar-refractivity contribution in [1.82, 2.24) is 0 Å². The minimum atomic E-state index is -0.672. The number of Topliss-reactive ketones (excluding diaryl/α,β-unsaturated/α-hetero) is 1. The van der Waals surface area contributed by atoms with Gasteiger partial charge in [0.2, 0.25) is 5.91 Å². The Morgan fingerprint density at radius 1 is 1.12 bits per heavy atom. The van der Waals surface area contributed by atoms with Gasteiger partial charge in [-0.3, -0.25) is 14.4 Å². The molecule has 26 heavy (non-hydrogen) atoms. The fourth-order valence-corrected chi connectivity index (χ4v) is 2.85. The molecule has 0 aliphatic carbocycles. The number of esters is 1. The van der Waals surface area contributed by atoms with E-state index in [0.29, 0.717) is 24.2 Å². The molecule has 3 rings (SSSR count). The summed E-state index contributed by atoms with van der Waals surface area (Å²) < 4.78 is 18.5. The van der Waals surface area contributed by atoms with E-state index in [4.69, 9.17) is 4.74 Å². The van der Waals surface area contributed by atoms with Crippen molar-refractivity contribution in [3.63, 3.8) is 0 Å². The first-order valence-electron chi connectivity index (χ1n) is 8.37. The molecule has 0 radical (unpaired) electrons. The van der Waals surface area contributed by atoms with Crippen LogP contribution < -0.4 is 4.90 Å². The minimum absolute atomic E-state index is 0.0333. The normalized spacial score (nSPS) is 13.7. The number of rotatable bonds is 6. The third-order valence-corrected chi connectivity index (χ3v) is 4.21. The van der Waals surface area contributed by atoms with Crippen LogP contribution in [0.25, 0.3) is 0 Å². The monoisotopic (exact) mass is 355 g/mol. The summed E-state index contributed by atoms with van der Waals surface area (Å²) in [4.78, 5) is 37.5. The second-order valence-corrected chi connectivity index (χ2v) is 6.05. The molecule has 0 unspecified atom stereocenters. The van der Waals surface area contributed by atoms with Crippen LogP contribution in [0.15, 0.2) is 48.5 Å². The molecular formula is C20H18FNO4. The van der Waals surface area contributed by atoms with Gasteiger partial charge in [-0.05, 0) is 30.2 Å². The lowest BCUT2D eigenvalue weighted by molar-refractivity contribution is -0.141. The quantitative estimate of drug-likeness (QED) is 0.590. The van der Waals surface area contributed by atoms with Gasteiger partial charge in [-0.15, -0.1) is 0 Å². The number of nitrogens with zero attached hydrogens (tertiary/aromatic N) is 1. The molecule has 2 aromatic rings. The van der Waals surface area contributed by atoms with E-state index in [0.717, 1.165) is 6.42 Å². The predicted molar refractivity (Wildman–Crippen MR) is 93.4 cm³/mol. The van der Waals surface area contributed by atoms with Crippen LogP contribution in [0.4, 0.5) is 10.1 Å². The number of amides is 1. The van der Waals surface area contributed by atoms with Gasteiger partial charge < -0.3 is 9.64 Å². The van der Waals surface area contributed by atoms with Crippen LogP contribution in [0, 0.1) is 5.82 Å². The topological polar surface area (TPSA) is 63.7 Å². The lowest BCUT2D eigenvalue weighted by Gasteiger charge is -2.16. The molecule has 1 saturated heterocycles. The van der Waals surface area contributed by atoms with Crippen LogP contribution in [-0.4, -0.2) is 30.8 Å². The molecule has 1 fully saturated rings. The third-order valence-electron chi connectivity index (χ3n) is 4.21. The molecule has 0 N–H and O–H groups in total. The number of benzene rings is 2. The predicted octanol–water partition coefficient (Wildman–Crippen LogP) is 2.92. The Balaban J connectivity index is 1.59. The van der Waals surface area contributed by atoms with E-state index in [1.165, 1.54) is 18.2 Å². The molecule has 5 nitrogen and oxygen atoms in total. The van der Waals surface area contributed by atoms with Gasteiger partial charge in [-0.1, -0.05) is 30.3 Å². The average molecular weight is 355 g/mol. The van der Waals surface area contributed by atoms with Crippen molar-refractivity contribution in [2.45, 2.75) is 19.3 Å². The molecule has 1 amide bonds. The number of anilines is 1. The Labute approximate surface area is 150 Å². The van der Waals surface area contributed by atoms with Gasteiger partial charge in [-0.25, -0.2) is 4.39 Å². The molecule has 0 bridgehead atoms. The molecule has 0 saturated carbocycles. The zero-order chi connectivity index (χ0) is 18.5.